The quantitative estimate of drug-likeness (QED) is 0.854. The van der Waals surface area contributed by atoms with Crippen molar-refractivity contribution in [2.24, 2.45) is 18.9 Å². The third-order valence-electron chi connectivity index (χ3n) is 5.32. The second kappa shape index (κ2) is 5.39. The summed E-state index contributed by atoms with van der Waals surface area (Å²) in [5.74, 6) is 0.142. The molecule has 0 amide bonds. The highest BCUT2D eigenvalue weighted by molar-refractivity contribution is 7.89. The Bertz CT molecular complexity index is 836. The monoisotopic (exact) mass is 349 g/mol. The smallest absolute Gasteiger partial charge is 0.246 e. The van der Waals surface area contributed by atoms with E-state index in [0.29, 0.717) is 31.5 Å². The van der Waals surface area contributed by atoms with E-state index in [-0.39, 0.29) is 16.7 Å². The van der Waals surface area contributed by atoms with Crippen molar-refractivity contribution in [2.75, 3.05) is 13.1 Å². The Balaban J connectivity index is 1.52. The van der Waals surface area contributed by atoms with Gasteiger partial charge in [0.05, 0.1) is 6.20 Å². The number of nitrogens with zero attached hydrogens (tertiary/aromatic N) is 3. The van der Waals surface area contributed by atoms with E-state index in [1.54, 1.807) is 7.05 Å². The van der Waals surface area contributed by atoms with Gasteiger partial charge in [0.15, 0.2) is 0 Å². The molecule has 2 aliphatic rings. The van der Waals surface area contributed by atoms with Gasteiger partial charge in [-0.1, -0.05) is 30.3 Å². The van der Waals surface area contributed by atoms with Crippen LogP contribution in [0.1, 0.15) is 18.4 Å². The molecule has 7 heteroatoms. The van der Waals surface area contributed by atoms with Crippen molar-refractivity contribution in [1.82, 2.24) is 14.1 Å². The second-order valence-corrected chi connectivity index (χ2v) is 8.87. The summed E-state index contributed by atoms with van der Waals surface area (Å²) in [5, 5.41) is 3.94. The van der Waals surface area contributed by atoms with Gasteiger partial charge in [0.1, 0.15) is 10.6 Å². The normalized spacial score (nSPS) is 30.6. The van der Waals surface area contributed by atoms with Crippen LogP contribution in [0.15, 0.2) is 47.6 Å². The van der Waals surface area contributed by atoms with Gasteiger partial charge in [-0.3, -0.25) is 4.68 Å². The lowest BCUT2D eigenvalue weighted by molar-refractivity contribution is 0.156. The van der Waals surface area contributed by atoms with Crippen LogP contribution in [-0.4, -0.2) is 35.6 Å². The van der Waals surface area contributed by atoms with Crippen LogP contribution in [0, 0.1) is 11.8 Å². The summed E-state index contributed by atoms with van der Waals surface area (Å²) in [7, 11) is -1.84. The molecule has 2 atom stereocenters. The Hall–Kier alpha value is -1.73. The van der Waals surface area contributed by atoms with Crippen molar-refractivity contribution in [3.05, 3.63) is 48.3 Å². The number of rotatable bonds is 3. The molecule has 0 N–H and O–H groups in total. The van der Waals surface area contributed by atoms with E-state index in [1.807, 2.05) is 30.3 Å². The van der Waals surface area contributed by atoms with Gasteiger partial charge in [-0.15, -0.1) is 0 Å². The lowest BCUT2D eigenvalue weighted by Gasteiger charge is -2.23. The van der Waals surface area contributed by atoms with Gasteiger partial charge in [-0.25, -0.2) is 12.8 Å². The molecule has 1 saturated carbocycles. The van der Waals surface area contributed by atoms with Crippen LogP contribution in [0.4, 0.5) is 4.39 Å². The zero-order chi connectivity index (χ0) is 16.9. The number of aromatic nitrogens is 2. The summed E-state index contributed by atoms with van der Waals surface area (Å²) in [6, 6.07) is 9.23. The third kappa shape index (κ3) is 2.46. The Labute approximate surface area is 141 Å². The van der Waals surface area contributed by atoms with E-state index in [0.717, 1.165) is 0 Å². The SMILES string of the molecule is Cn1cc(S(=O)(=O)N2CC3CC(F)(c4ccccc4)CC3C2)cn1. The molecule has 2 heterocycles. The lowest BCUT2D eigenvalue weighted by Crippen LogP contribution is -2.31. The fraction of sp³-hybridized carbons (Fsp3) is 0.471. The van der Waals surface area contributed by atoms with Crippen molar-refractivity contribution in [3.63, 3.8) is 0 Å². The van der Waals surface area contributed by atoms with Crippen LogP contribution >= 0.6 is 0 Å². The van der Waals surface area contributed by atoms with Crippen LogP contribution in [0.2, 0.25) is 0 Å². The van der Waals surface area contributed by atoms with E-state index in [2.05, 4.69) is 5.10 Å². The average Bonchev–Trinajstić information content (AvgIpc) is 3.22. The Morgan fingerprint density at radius 2 is 1.79 bits per heavy atom. The third-order valence-corrected chi connectivity index (χ3v) is 7.11. The topological polar surface area (TPSA) is 55.2 Å². The number of benzene rings is 1. The molecule has 1 aliphatic carbocycles. The Morgan fingerprint density at radius 3 is 2.33 bits per heavy atom. The maximum absolute atomic E-state index is 15.3. The van der Waals surface area contributed by atoms with Crippen LogP contribution in [0.3, 0.4) is 0 Å². The van der Waals surface area contributed by atoms with Crippen molar-refractivity contribution in [3.8, 4) is 0 Å². The first kappa shape index (κ1) is 15.8. The highest BCUT2D eigenvalue weighted by atomic mass is 32.2. The van der Waals surface area contributed by atoms with E-state index in [4.69, 9.17) is 0 Å². The maximum Gasteiger partial charge on any atom is 0.246 e. The molecular formula is C17H20FN3O2S. The van der Waals surface area contributed by atoms with Crippen LogP contribution in [0.25, 0.3) is 0 Å². The van der Waals surface area contributed by atoms with Gasteiger partial charge in [-0.2, -0.15) is 9.40 Å². The fourth-order valence-corrected chi connectivity index (χ4v) is 5.66. The molecule has 0 radical (unpaired) electrons. The zero-order valence-electron chi connectivity index (χ0n) is 13.5. The number of alkyl halides is 1. The summed E-state index contributed by atoms with van der Waals surface area (Å²) in [4.78, 5) is 0.208. The fourth-order valence-electron chi connectivity index (χ4n) is 4.12. The van der Waals surface area contributed by atoms with E-state index in [9.17, 15) is 8.42 Å². The molecule has 1 aromatic carbocycles. The lowest BCUT2D eigenvalue weighted by atomic mass is 9.92. The Kier molecular flexibility index (Phi) is 3.54. The van der Waals surface area contributed by atoms with Crippen molar-refractivity contribution in [1.29, 1.82) is 0 Å². The molecule has 1 aliphatic heterocycles. The first-order chi connectivity index (χ1) is 11.4. The average molecular weight is 349 g/mol. The highest BCUT2D eigenvalue weighted by Crippen LogP contribution is 2.52. The van der Waals surface area contributed by atoms with Crippen molar-refractivity contribution < 1.29 is 12.8 Å². The molecule has 2 fully saturated rings. The molecule has 1 aromatic heterocycles. The highest BCUT2D eigenvalue weighted by Gasteiger charge is 2.52. The molecular weight excluding hydrogens is 329 g/mol. The minimum atomic E-state index is -3.53. The number of hydrogen-bond donors (Lipinski definition) is 0. The van der Waals surface area contributed by atoms with Crippen LogP contribution in [-0.2, 0) is 22.7 Å². The molecule has 4 rings (SSSR count). The van der Waals surface area contributed by atoms with Crippen LogP contribution in [0.5, 0.6) is 0 Å². The van der Waals surface area contributed by atoms with E-state index in [1.165, 1.54) is 21.4 Å². The van der Waals surface area contributed by atoms with Gasteiger partial charge >= 0.3 is 0 Å². The molecule has 5 nitrogen and oxygen atoms in total. The summed E-state index contributed by atoms with van der Waals surface area (Å²) in [6.07, 6.45) is 3.65. The van der Waals surface area contributed by atoms with Gasteiger partial charge in [0, 0.05) is 26.3 Å². The van der Waals surface area contributed by atoms with Gasteiger partial charge < -0.3 is 0 Å². The first-order valence-electron chi connectivity index (χ1n) is 8.12. The molecule has 1 saturated heterocycles. The number of halogens is 1. The van der Waals surface area contributed by atoms with Gasteiger partial charge in [0.25, 0.3) is 0 Å². The van der Waals surface area contributed by atoms with Gasteiger partial charge in [-0.05, 0) is 30.2 Å². The minimum absolute atomic E-state index is 0.0710. The van der Waals surface area contributed by atoms with Crippen molar-refractivity contribution in [2.45, 2.75) is 23.4 Å². The van der Waals surface area contributed by atoms with Crippen LogP contribution < -0.4 is 0 Å². The molecule has 0 bridgehead atoms. The molecule has 24 heavy (non-hydrogen) atoms. The zero-order valence-corrected chi connectivity index (χ0v) is 14.3. The maximum atomic E-state index is 15.3. The van der Waals surface area contributed by atoms with Gasteiger partial charge in [0.2, 0.25) is 10.0 Å². The summed E-state index contributed by atoms with van der Waals surface area (Å²) < 4.78 is 43.7. The molecule has 2 aromatic rings. The summed E-state index contributed by atoms with van der Waals surface area (Å²) in [6.45, 7) is 0.779. The predicted molar refractivity (Wildman–Crippen MR) is 87.4 cm³/mol. The summed E-state index contributed by atoms with van der Waals surface area (Å²) >= 11 is 0. The number of aryl methyl sites for hydroxylation is 1. The van der Waals surface area contributed by atoms with Crippen molar-refractivity contribution >= 4 is 10.0 Å². The number of hydrogen-bond acceptors (Lipinski definition) is 3. The standard InChI is InChI=1S/C17H20FN3O2S/c1-20-12-16(9-19-20)24(22,23)21-10-13-7-17(18,8-14(13)11-21)15-5-3-2-4-6-15/h2-6,9,12-14H,7-8,10-11H2,1H3. The van der Waals surface area contributed by atoms with E-state index < -0.39 is 15.7 Å². The number of sulfonamides is 1. The van der Waals surface area contributed by atoms with E-state index >= 15 is 4.39 Å². The second-order valence-electron chi connectivity index (χ2n) is 6.93. The molecule has 2 unspecified atom stereocenters. The predicted octanol–water partition coefficient (Wildman–Crippen LogP) is 2.32. The first-order valence-corrected chi connectivity index (χ1v) is 9.56. The summed E-state index contributed by atoms with van der Waals surface area (Å²) in [5.41, 5.74) is -0.623. The molecule has 128 valence electrons. The number of fused-ring (bicyclic) bond motifs is 1. The largest absolute Gasteiger partial charge is 0.274 e. The minimum Gasteiger partial charge on any atom is -0.274 e. The molecule has 0 spiro atoms. The Morgan fingerprint density at radius 1 is 1.17 bits per heavy atom.